The second-order valence-corrected chi connectivity index (χ2v) is 8.91. The summed E-state index contributed by atoms with van der Waals surface area (Å²) in [7, 11) is 3.25. The highest BCUT2D eigenvalue weighted by Crippen LogP contribution is 2.21. The minimum Gasteiger partial charge on any atom is -0.497 e. The first-order valence-corrected chi connectivity index (χ1v) is 12.5. The van der Waals surface area contributed by atoms with Gasteiger partial charge in [0.2, 0.25) is 11.8 Å². The highest BCUT2D eigenvalue weighted by atomic mass is 16.5. The van der Waals surface area contributed by atoms with Crippen molar-refractivity contribution >= 4 is 11.8 Å². The van der Waals surface area contributed by atoms with Crippen LogP contribution in [-0.4, -0.2) is 49.6 Å². The predicted octanol–water partition coefficient (Wildman–Crippen LogP) is 4.73. The van der Waals surface area contributed by atoms with Gasteiger partial charge in [-0.2, -0.15) is 0 Å². The van der Waals surface area contributed by atoms with Crippen LogP contribution < -0.4 is 19.5 Å². The van der Waals surface area contributed by atoms with Gasteiger partial charge in [-0.25, -0.2) is 0 Å². The third kappa shape index (κ3) is 7.91. The van der Waals surface area contributed by atoms with Crippen LogP contribution in [0.5, 0.6) is 17.2 Å². The van der Waals surface area contributed by atoms with E-state index in [1.165, 1.54) is 0 Å². The number of methoxy groups -OCH3 is 2. The van der Waals surface area contributed by atoms with Crippen LogP contribution in [0.15, 0.2) is 48.5 Å². The van der Waals surface area contributed by atoms with Crippen molar-refractivity contribution in [1.29, 1.82) is 0 Å². The largest absolute Gasteiger partial charge is 0.497 e. The molecule has 1 aliphatic carbocycles. The molecule has 0 radical (unpaired) electrons. The first kappa shape index (κ1) is 26.4. The lowest BCUT2D eigenvalue weighted by molar-refractivity contribution is -0.141. The maximum absolute atomic E-state index is 13.4. The summed E-state index contributed by atoms with van der Waals surface area (Å²) in [5.74, 6) is 2.15. The number of carbonyl (C=O) groups is 2. The average Bonchev–Trinajstić information content (AvgIpc) is 3.40. The number of hydrogen-bond acceptors (Lipinski definition) is 5. The van der Waals surface area contributed by atoms with Crippen molar-refractivity contribution in [3.8, 4) is 17.2 Å². The van der Waals surface area contributed by atoms with Crippen molar-refractivity contribution in [2.45, 2.75) is 70.5 Å². The lowest BCUT2D eigenvalue weighted by Gasteiger charge is -2.31. The maximum atomic E-state index is 13.4. The molecule has 1 saturated carbocycles. The molecule has 7 heteroatoms. The minimum atomic E-state index is -0.507. The molecule has 2 aromatic carbocycles. The van der Waals surface area contributed by atoms with Crippen LogP contribution in [0.25, 0.3) is 0 Å². The van der Waals surface area contributed by atoms with Gasteiger partial charge in [0.1, 0.15) is 23.3 Å². The molecule has 1 atom stereocenters. The van der Waals surface area contributed by atoms with Crippen LogP contribution in [-0.2, 0) is 16.1 Å². The third-order valence-electron chi connectivity index (χ3n) is 6.46. The van der Waals surface area contributed by atoms with E-state index in [4.69, 9.17) is 14.2 Å². The van der Waals surface area contributed by atoms with Gasteiger partial charge in [-0.1, -0.05) is 31.9 Å². The van der Waals surface area contributed by atoms with Gasteiger partial charge in [0, 0.05) is 19.0 Å². The van der Waals surface area contributed by atoms with Gasteiger partial charge in [0.15, 0.2) is 0 Å². The second-order valence-electron chi connectivity index (χ2n) is 8.91. The van der Waals surface area contributed by atoms with E-state index >= 15 is 0 Å². The van der Waals surface area contributed by atoms with Gasteiger partial charge in [-0.05, 0) is 67.6 Å². The number of nitrogens with one attached hydrogen (secondary N) is 1. The lowest BCUT2D eigenvalue weighted by atomic mass is 10.1. The molecule has 1 N–H and O–H groups in total. The molecule has 0 aliphatic heterocycles. The van der Waals surface area contributed by atoms with E-state index in [1.807, 2.05) is 55.5 Å². The quantitative estimate of drug-likeness (QED) is 0.418. The summed E-state index contributed by atoms with van der Waals surface area (Å²) in [6.45, 7) is 2.75. The summed E-state index contributed by atoms with van der Waals surface area (Å²) in [4.78, 5) is 28.3. The fourth-order valence-corrected chi connectivity index (χ4v) is 4.44. The number of benzene rings is 2. The van der Waals surface area contributed by atoms with Gasteiger partial charge < -0.3 is 24.4 Å². The highest BCUT2D eigenvalue weighted by Gasteiger charge is 2.30. The van der Waals surface area contributed by atoms with E-state index in [0.717, 1.165) is 48.5 Å². The summed E-state index contributed by atoms with van der Waals surface area (Å²) in [5, 5.41) is 3.18. The van der Waals surface area contributed by atoms with Crippen LogP contribution in [0.1, 0.15) is 57.4 Å². The maximum Gasteiger partial charge on any atom is 0.243 e. The van der Waals surface area contributed by atoms with E-state index in [0.29, 0.717) is 32.4 Å². The van der Waals surface area contributed by atoms with Crippen LogP contribution >= 0.6 is 0 Å². The van der Waals surface area contributed by atoms with Gasteiger partial charge in [-0.3, -0.25) is 9.59 Å². The summed E-state index contributed by atoms with van der Waals surface area (Å²) >= 11 is 0. The molecule has 0 bridgehead atoms. The number of rotatable bonds is 13. The van der Waals surface area contributed by atoms with Crippen LogP contribution in [0.2, 0.25) is 0 Å². The summed E-state index contributed by atoms with van der Waals surface area (Å²) < 4.78 is 16.2. The summed E-state index contributed by atoms with van der Waals surface area (Å²) in [6.07, 6.45) is 5.73. The minimum absolute atomic E-state index is 0.0485. The molecule has 7 nitrogen and oxygen atoms in total. The first-order valence-electron chi connectivity index (χ1n) is 12.5. The van der Waals surface area contributed by atoms with E-state index in [2.05, 4.69) is 5.32 Å². The Morgan fingerprint density at radius 3 is 2.09 bits per heavy atom. The molecule has 2 amide bonds. The number of nitrogens with zero attached hydrogens (tertiary/aromatic N) is 1. The average molecular weight is 483 g/mol. The molecule has 0 aromatic heterocycles. The number of hydrogen-bond donors (Lipinski definition) is 1. The van der Waals surface area contributed by atoms with Gasteiger partial charge >= 0.3 is 0 Å². The van der Waals surface area contributed by atoms with Gasteiger partial charge in [-0.15, -0.1) is 0 Å². The second kappa shape index (κ2) is 13.6. The van der Waals surface area contributed by atoms with E-state index in [9.17, 15) is 9.59 Å². The summed E-state index contributed by atoms with van der Waals surface area (Å²) in [5.41, 5.74) is 0.959. The van der Waals surface area contributed by atoms with Crippen molar-refractivity contribution in [3.05, 3.63) is 54.1 Å². The normalized spacial score (nSPS) is 14.3. The molecule has 0 spiro atoms. The molecule has 0 saturated heterocycles. The van der Waals surface area contributed by atoms with E-state index in [-0.39, 0.29) is 17.9 Å². The van der Waals surface area contributed by atoms with Crippen molar-refractivity contribution in [2.75, 3.05) is 20.8 Å². The molecule has 2 aromatic rings. The van der Waals surface area contributed by atoms with Gasteiger partial charge in [0.25, 0.3) is 0 Å². The highest BCUT2D eigenvalue weighted by molar-refractivity contribution is 5.87. The van der Waals surface area contributed by atoms with Gasteiger partial charge in [0.05, 0.1) is 20.8 Å². The third-order valence-corrected chi connectivity index (χ3v) is 6.46. The number of carbonyl (C=O) groups excluding carboxylic acids is 2. The molecule has 0 unspecified atom stereocenters. The van der Waals surface area contributed by atoms with Crippen molar-refractivity contribution in [2.24, 2.45) is 0 Å². The standard InChI is InChI=1S/C28H38N2O5/c1-4-26(28(32)29-22-8-5-6-9-22)30(20-21-11-13-23(33-2)14-12-21)27(31)10-7-19-35-25-17-15-24(34-3)16-18-25/h11-18,22,26H,4-10,19-20H2,1-3H3,(H,29,32)/t26-/m0/s1. The molecule has 1 aliphatic rings. The van der Waals surface area contributed by atoms with E-state index < -0.39 is 6.04 Å². The van der Waals surface area contributed by atoms with Crippen LogP contribution in [0, 0.1) is 0 Å². The number of ether oxygens (including phenoxy) is 3. The SMILES string of the molecule is CC[C@@H](C(=O)NC1CCCC1)N(Cc1ccc(OC)cc1)C(=O)CCCOc1ccc(OC)cc1. The zero-order valence-corrected chi connectivity index (χ0v) is 21.1. The van der Waals surface area contributed by atoms with Crippen molar-refractivity contribution in [3.63, 3.8) is 0 Å². The Hall–Kier alpha value is -3.22. The molecule has 3 rings (SSSR count). The van der Waals surface area contributed by atoms with Crippen molar-refractivity contribution in [1.82, 2.24) is 10.2 Å². The smallest absolute Gasteiger partial charge is 0.243 e. The zero-order chi connectivity index (χ0) is 25.0. The molecule has 190 valence electrons. The molecular formula is C28H38N2O5. The molecule has 0 heterocycles. The molecule has 35 heavy (non-hydrogen) atoms. The monoisotopic (exact) mass is 482 g/mol. The Labute approximate surface area is 208 Å². The van der Waals surface area contributed by atoms with E-state index in [1.54, 1.807) is 19.1 Å². The Balaban J connectivity index is 1.63. The molecular weight excluding hydrogens is 444 g/mol. The Morgan fingerprint density at radius 1 is 0.943 bits per heavy atom. The predicted molar refractivity (Wildman–Crippen MR) is 136 cm³/mol. The fourth-order valence-electron chi connectivity index (χ4n) is 4.44. The Morgan fingerprint density at radius 2 is 1.51 bits per heavy atom. The fraction of sp³-hybridized carbons (Fsp3) is 0.500. The number of amides is 2. The lowest BCUT2D eigenvalue weighted by Crippen LogP contribution is -2.50. The Bertz CT molecular complexity index is 923. The zero-order valence-electron chi connectivity index (χ0n) is 21.1. The van der Waals surface area contributed by atoms with Crippen molar-refractivity contribution < 1.29 is 23.8 Å². The van der Waals surface area contributed by atoms with Crippen LogP contribution in [0.4, 0.5) is 0 Å². The topological polar surface area (TPSA) is 77.1 Å². The first-order chi connectivity index (χ1) is 17.0. The molecule has 1 fully saturated rings. The Kier molecular flexibility index (Phi) is 10.3. The van der Waals surface area contributed by atoms with Crippen LogP contribution in [0.3, 0.4) is 0 Å². The summed E-state index contributed by atoms with van der Waals surface area (Å²) in [6, 6.07) is 14.7.